The third kappa shape index (κ3) is 3.02. The molecular formula is C11H12O4. The second-order valence-corrected chi connectivity index (χ2v) is 2.85. The van der Waals surface area contributed by atoms with Crippen LogP contribution in [-0.4, -0.2) is 16.2 Å². The molecular weight excluding hydrogens is 196 g/mol. The molecule has 0 heterocycles. The zero-order chi connectivity index (χ0) is 11.3. The van der Waals surface area contributed by atoms with E-state index in [9.17, 15) is 9.90 Å². The third-order valence-corrected chi connectivity index (χ3v) is 1.77. The average molecular weight is 208 g/mol. The van der Waals surface area contributed by atoms with Crippen LogP contribution >= 0.6 is 0 Å². The van der Waals surface area contributed by atoms with Crippen LogP contribution in [0.3, 0.4) is 0 Å². The Balaban J connectivity index is 2.88. The van der Waals surface area contributed by atoms with Crippen molar-refractivity contribution in [3.05, 3.63) is 41.9 Å². The molecule has 0 aliphatic carbocycles. The molecule has 0 fully saturated rings. The van der Waals surface area contributed by atoms with E-state index < -0.39 is 11.7 Å². The first-order valence-corrected chi connectivity index (χ1v) is 4.53. The molecule has 80 valence electrons. The van der Waals surface area contributed by atoms with Crippen molar-refractivity contribution in [2.24, 2.45) is 0 Å². The summed E-state index contributed by atoms with van der Waals surface area (Å²) in [6.45, 7) is 1.71. The first-order chi connectivity index (χ1) is 7.15. The van der Waals surface area contributed by atoms with Crippen molar-refractivity contribution >= 4 is 5.97 Å². The Morgan fingerprint density at radius 1 is 1.27 bits per heavy atom. The summed E-state index contributed by atoms with van der Waals surface area (Å²) >= 11 is 0. The SMILES string of the molecule is CCC(Oc1ccccc1)=C(O)C(=O)O. The number of carboxylic acid groups (broad SMARTS) is 1. The molecule has 1 rings (SSSR count). The fourth-order valence-corrected chi connectivity index (χ4v) is 1.04. The molecule has 0 aromatic heterocycles. The number of carboxylic acids is 1. The lowest BCUT2D eigenvalue weighted by Gasteiger charge is -2.08. The number of rotatable bonds is 4. The van der Waals surface area contributed by atoms with Crippen molar-refractivity contribution in [3.63, 3.8) is 0 Å². The van der Waals surface area contributed by atoms with Gasteiger partial charge in [-0.2, -0.15) is 0 Å². The summed E-state index contributed by atoms with van der Waals surface area (Å²) in [4.78, 5) is 10.5. The van der Waals surface area contributed by atoms with E-state index in [2.05, 4.69) is 0 Å². The number of benzene rings is 1. The van der Waals surface area contributed by atoms with Crippen molar-refractivity contribution in [2.45, 2.75) is 13.3 Å². The van der Waals surface area contributed by atoms with Gasteiger partial charge in [0, 0.05) is 6.42 Å². The van der Waals surface area contributed by atoms with E-state index in [1.807, 2.05) is 6.07 Å². The minimum atomic E-state index is -1.39. The maximum Gasteiger partial charge on any atom is 0.374 e. The lowest BCUT2D eigenvalue weighted by Crippen LogP contribution is -2.07. The Morgan fingerprint density at radius 3 is 2.33 bits per heavy atom. The van der Waals surface area contributed by atoms with Gasteiger partial charge in [-0.3, -0.25) is 0 Å². The molecule has 0 amide bonds. The minimum Gasteiger partial charge on any atom is -0.499 e. The number of hydrogen-bond acceptors (Lipinski definition) is 3. The number of allylic oxidation sites excluding steroid dienone is 1. The zero-order valence-electron chi connectivity index (χ0n) is 8.30. The number of hydrogen-bond donors (Lipinski definition) is 2. The highest BCUT2D eigenvalue weighted by Crippen LogP contribution is 2.16. The summed E-state index contributed by atoms with van der Waals surface area (Å²) < 4.78 is 5.24. The van der Waals surface area contributed by atoms with E-state index >= 15 is 0 Å². The highest BCUT2D eigenvalue weighted by molar-refractivity contribution is 5.84. The molecule has 0 saturated carbocycles. The molecule has 0 unspecified atom stereocenters. The largest absolute Gasteiger partial charge is 0.499 e. The minimum absolute atomic E-state index is 0.0497. The van der Waals surface area contributed by atoms with E-state index in [-0.39, 0.29) is 5.76 Å². The Kier molecular flexibility index (Phi) is 3.74. The van der Waals surface area contributed by atoms with Crippen LogP contribution in [-0.2, 0) is 4.79 Å². The molecule has 0 radical (unpaired) electrons. The monoisotopic (exact) mass is 208 g/mol. The standard InChI is InChI=1S/C11H12O4/c1-2-9(10(12)11(13)14)15-8-6-4-3-5-7-8/h3-7,12H,2H2,1H3,(H,13,14). The van der Waals surface area contributed by atoms with Gasteiger partial charge >= 0.3 is 5.97 Å². The summed E-state index contributed by atoms with van der Waals surface area (Å²) in [5, 5.41) is 17.8. The topological polar surface area (TPSA) is 66.8 Å². The molecule has 15 heavy (non-hydrogen) atoms. The first kappa shape index (κ1) is 11.1. The fourth-order valence-electron chi connectivity index (χ4n) is 1.04. The second kappa shape index (κ2) is 5.05. The summed E-state index contributed by atoms with van der Waals surface area (Å²) in [7, 11) is 0. The number of aliphatic carboxylic acids is 1. The van der Waals surface area contributed by atoms with E-state index in [4.69, 9.17) is 9.84 Å². The number of aliphatic hydroxyl groups excluding tert-OH is 1. The number of carbonyl (C=O) groups is 1. The molecule has 0 aliphatic heterocycles. The van der Waals surface area contributed by atoms with Crippen molar-refractivity contribution in [3.8, 4) is 5.75 Å². The van der Waals surface area contributed by atoms with Crippen LogP contribution in [0.2, 0.25) is 0 Å². The lowest BCUT2D eigenvalue weighted by molar-refractivity contribution is -0.135. The van der Waals surface area contributed by atoms with Gasteiger partial charge in [0.1, 0.15) is 5.75 Å². The summed E-state index contributed by atoms with van der Waals surface area (Å²) in [6.07, 6.45) is 0.313. The van der Waals surface area contributed by atoms with Crippen LogP contribution in [0.25, 0.3) is 0 Å². The Morgan fingerprint density at radius 2 is 1.87 bits per heavy atom. The number of aliphatic hydroxyl groups is 1. The van der Waals surface area contributed by atoms with Crippen LogP contribution in [0, 0.1) is 0 Å². The molecule has 2 N–H and O–H groups in total. The highest BCUT2D eigenvalue weighted by atomic mass is 16.5. The lowest BCUT2D eigenvalue weighted by atomic mass is 10.3. The average Bonchev–Trinajstić information content (AvgIpc) is 2.26. The third-order valence-electron chi connectivity index (χ3n) is 1.77. The quantitative estimate of drug-likeness (QED) is 0.588. The predicted octanol–water partition coefficient (Wildman–Crippen LogP) is 2.33. The van der Waals surface area contributed by atoms with Crippen molar-refractivity contribution in [2.75, 3.05) is 0 Å². The van der Waals surface area contributed by atoms with Crippen LogP contribution in [0.15, 0.2) is 41.9 Å². The maximum atomic E-state index is 10.5. The molecule has 1 aromatic carbocycles. The van der Waals surface area contributed by atoms with Crippen LogP contribution < -0.4 is 4.74 Å². The molecule has 0 saturated heterocycles. The molecule has 0 bridgehead atoms. The molecule has 0 aliphatic rings. The van der Waals surface area contributed by atoms with Gasteiger partial charge in [-0.15, -0.1) is 0 Å². The van der Waals surface area contributed by atoms with Crippen LogP contribution in [0.1, 0.15) is 13.3 Å². The van der Waals surface area contributed by atoms with Gasteiger partial charge in [-0.05, 0) is 12.1 Å². The van der Waals surface area contributed by atoms with E-state index in [1.54, 1.807) is 31.2 Å². The number of para-hydroxylation sites is 1. The second-order valence-electron chi connectivity index (χ2n) is 2.85. The molecule has 4 nitrogen and oxygen atoms in total. The summed E-state index contributed by atoms with van der Waals surface area (Å²) in [5.41, 5.74) is 0. The van der Waals surface area contributed by atoms with Crippen molar-refractivity contribution in [1.29, 1.82) is 0 Å². The summed E-state index contributed by atoms with van der Waals surface area (Å²) in [6, 6.07) is 8.72. The van der Waals surface area contributed by atoms with Gasteiger partial charge in [-0.1, -0.05) is 25.1 Å². The van der Waals surface area contributed by atoms with Crippen molar-refractivity contribution < 1.29 is 19.7 Å². The molecule has 1 aromatic rings. The van der Waals surface area contributed by atoms with Gasteiger partial charge in [-0.25, -0.2) is 4.79 Å². The fraction of sp³-hybridized carbons (Fsp3) is 0.182. The highest BCUT2D eigenvalue weighted by Gasteiger charge is 2.13. The molecule has 0 spiro atoms. The first-order valence-electron chi connectivity index (χ1n) is 4.53. The van der Waals surface area contributed by atoms with Gasteiger partial charge in [0.25, 0.3) is 0 Å². The van der Waals surface area contributed by atoms with Crippen LogP contribution in [0.4, 0.5) is 0 Å². The molecule has 4 heteroatoms. The Labute approximate surface area is 87.4 Å². The van der Waals surface area contributed by atoms with E-state index in [1.165, 1.54) is 0 Å². The van der Waals surface area contributed by atoms with Gasteiger partial charge in [0.15, 0.2) is 5.76 Å². The van der Waals surface area contributed by atoms with Crippen molar-refractivity contribution in [1.82, 2.24) is 0 Å². The number of ether oxygens (including phenoxy) is 1. The maximum absolute atomic E-state index is 10.5. The zero-order valence-corrected chi connectivity index (χ0v) is 8.30. The van der Waals surface area contributed by atoms with E-state index in [0.717, 1.165) is 0 Å². The Bertz CT molecular complexity index is 367. The molecule has 0 atom stereocenters. The Hall–Kier alpha value is -1.97. The van der Waals surface area contributed by atoms with Gasteiger partial charge in [0.05, 0.1) is 0 Å². The van der Waals surface area contributed by atoms with E-state index in [0.29, 0.717) is 12.2 Å². The normalized spacial score (nSPS) is 11.8. The predicted molar refractivity (Wildman–Crippen MR) is 54.7 cm³/mol. The van der Waals surface area contributed by atoms with Gasteiger partial charge < -0.3 is 14.9 Å². The van der Waals surface area contributed by atoms with Gasteiger partial charge in [0.2, 0.25) is 5.76 Å². The smallest absolute Gasteiger partial charge is 0.374 e. The summed E-state index contributed by atoms with van der Waals surface area (Å²) in [5.74, 6) is -1.58. The van der Waals surface area contributed by atoms with Crippen LogP contribution in [0.5, 0.6) is 5.75 Å².